The van der Waals surface area contributed by atoms with Crippen molar-refractivity contribution in [3.05, 3.63) is 65.6 Å². The number of amides is 2. The minimum atomic E-state index is -0.615. The Morgan fingerprint density at radius 3 is 2.67 bits per heavy atom. The van der Waals surface area contributed by atoms with E-state index in [0.29, 0.717) is 73.1 Å². The third kappa shape index (κ3) is 5.57. The Labute approximate surface area is 231 Å². The number of fused-ring (bicyclic) bond motifs is 1. The summed E-state index contributed by atoms with van der Waals surface area (Å²) in [6, 6.07) is 12.0. The molecule has 2 aromatic carbocycles. The summed E-state index contributed by atoms with van der Waals surface area (Å²) < 4.78 is 24.1. The Hall–Kier alpha value is -4.58. The van der Waals surface area contributed by atoms with Crippen molar-refractivity contribution >= 4 is 23.5 Å². The molecule has 12 nitrogen and oxygen atoms in total. The lowest BCUT2D eigenvalue weighted by Gasteiger charge is -2.29. The number of anilines is 2. The highest BCUT2D eigenvalue weighted by molar-refractivity contribution is 6.06. The topological polar surface area (TPSA) is 129 Å². The van der Waals surface area contributed by atoms with Crippen LogP contribution in [-0.2, 0) is 14.3 Å². The minimum absolute atomic E-state index is 0.120. The number of para-hydroxylation sites is 2. The molecular weight excluding hydrogens is 516 g/mol. The first-order valence-electron chi connectivity index (χ1n) is 13.1. The zero-order valence-corrected chi connectivity index (χ0v) is 22.7. The van der Waals surface area contributed by atoms with Gasteiger partial charge in [-0.1, -0.05) is 18.2 Å². The molecule has 3 heterocycles. The average Bonchev–Trinajstić information content (AvgIpc) is 3.44. The van der Waals surface area contributed by atoms with E-state index in [0.717, 1.165) is 5.56 Å². The lowest BCUT2D eigenvalue weighted by atomic mass is 9.94. The molecule has 2 aliphatic heterocycles. The molecule has 0 spiro atoms. The predicted molar refractivity (Wildman–Crippen MR) is 147 cm³/mol. The van der Waals surface area contributed by atoms with E-state index in [2.05, 4.69) is 20.7 Å². The highest BCUT2D eigenvalue weighted by Gasteiger charge is 2.34. The molecule has 1 unspecified atom stereocenters. The van der Waals surface area contributed by atoms with Gasteiger partial charge in [0.2, 0.25) is 5.95 Å². The molecule has 2 amide bonds. The average molecular weight is 549 g/mol. The first-order chi connectivity index (χ1) is 19.5. The molecular formula is C28H32N6O6. The number of rotatable bonds is 9. The SMILES string of the molecule is CCOc1ccccc1NC(=O)C1=C(C)Nc2ncnn2C1c1ccc(OCC(=O)N2CCOCC2)c(OC)c1. The van der Waals surface area contributed by atoms with Gasteiger partial charge in [-0.3, -0.25) is 9.59 Å². The van der Waals surface area contributed by atoms with Crippen molar-refractivity contribution in [2.24, 2.45) is 0 Å². The number of morpholine rings is 1. The molecule has 1 aromatic heterocycles. The van der Waals surface area contributed by atoms with Crippen LogP contribution in [0.3, 0.4) is 0 Å². The second-order valence-electron chi connectivity index (χ2n) is 9.17. The van der Waals surface area contributed by atoms with Gasteiger partial charge in [0.05, 0.1) is 38.2 Å². The zero-order valence-electron chi connectivity index (χ0n) is 22.7. The van der Waals surface area contributed by atoms with E-state index >= 15 is 0 Å². The predicted octanol–water partition coefficient (Wildman–Crippen LogP) is 2.85. The normalized spacial score (nSPS) is 16.6. The van der Waals surface area contributed by atoms with Crippen molar-refractivity contribution in [3.8, 4) is 17.2 Å². The van der Waals surface area contributed by atoms with Crippen LogP contribution in [0.2, 0.25) is 0 Å². The van der Waals surface area contributed by atoms with Crippen LogP contribution in [0.25, 0.3) is 0 Å². The molecule has 12 heteroatoms. The number of carbonyl (C=O) groups excluding carboxylic acids is 2. The summed E-state index contributed by atoms with van der Waals surface area (Å²) in [6.45, 7) is 6.17. The second-order valence-corrected chi connectivity index (χ2v) is 9.17. The van der Waals surface area contributed by atoms with E-state index in [-0.39, 0.29) is 18.4 Å². The quantitative estimate of drug-likeness (QED) is 0.415. The van der Waals surface area contributed by atoms with Gasteiger partial charge in [0, 0.05) is 18.8 Å². The van der Waals surface area contributed by atoms with Crippen molar-refractivity contribution in [2.45, 2.75) is 19.9 Å². The number of hydrogen-bond acceptors (Lipinski definition) is 9. The third-order valence-corrected chi connectivity index (χ3v) is 6.69. The van der Waals surface area contributed by atoms with Crippen molar-refractivity contribution < 1.29 is 28.5 Å². The molecule has 1 atom stereocenters. The fraction of sp³-hybridized carbons (Fsp3) is 0.357. The highest BCUT2D eigenvalue weighted by atomic mass is 16.5. The summed E-state index contributed by atoms with van der Waals surface area (Å²) in [4.78, 5) is 32.4. The second kappa shape index (κ2) is 12.1. The molecule has 0 saturated carbocycles. The fourth-order valence-corrected chi connectivity index (χ4v) is 4.75. The maximum atomic E-state index is 13.8. The highest BCUT2D eigenvalue weighted by Crippen LogP contribution is 2.39. The lowest BCUT2D eigenvalue weighted by molar-refractivity contribution is -0.137. The van der Waals surface area contributed by atoms with Gasteiger partial charge < -0.3 is 34.5 Å². The van der Waals surface area contributed by atoms with Crippen LogP contribution in [0.4, 0.5) is 11.6 Å². The number of aromatic nitrogens is 3. The summed E-state index contributed by atoms with van der Waals surface area (Å²) in [5.74, 6) is 1.48. The monoisotopic (exact) mass is 548 g/mol. The maximum absolute atomic E-state index is 13.8. The van der Waals surface area contributed by atoms with Crippen LogP contribution in [0.5, 0.6) is 17.2 Å². The van der Waals surface area contributed by atoms with E-state index in [1.807, 2.05) is 32.0 Å². The van der Waals surface area contributed by atoms with Crippen LogP contribution in [0, 0.1) is 0 Å². The molecule has 1 fully saturated rings. The van der Waals surface area contributed by atoms with Crippen LogP contribution in [0.1, 0.15) is 25.5 Å². The number of nitrogens with one attached hydrogen (secondary N) is 2. The number of carbonyl (C=O) groups is 2. The van der Waals surface area contributed by atoms with Crippen LogP contribution >= 0.6 is 0 Å². The number of benzene rings is 2. The Balaban J connectivity index is 1.42. The van der Waals surface area contributed by atoms with Crippen LogP contribution in [-0.4, -0.2) is 78.1 Å². The first-order valence-corrected chi connectivity index (χ1v) is 13.1. The first kappa shape index (κ1) is 27.0. The molecule has 2 N–H and O–H groups in total. The number of ether oxygens (including phenoxy) is 4. The Kier molecular flexibility index (Phi) is 8.15. The number of methoxy groups -OCH3 is 1. The standard InChI is InChI=1S/C28H32N6O6/c1-4-39-21-8-6-5-7-20(21)32-27(36)25-18(2)31-28-29-17-30-34(28)26(25)19-9-10-22(23(15-19)37-3)40-16-24(35)33-11-13-38-14-12-33/h5-10,15,17,26H,4,11-14,16H2,1-3H3,(H,32,36)(H,29,30,31). The van der Waals surface area contributed by atoms with E-state index < -0.39 is 6.04 Å². The smallest absolute Gasteiger partial charge is 0.260 e. The van der Waals surface area contributed by atoms with E-state index in [1.54, 1.807) is 33.8 Å². The Morgan fingerprint density at radius 1 is 1.10 bits per heavy atom. The molecule has 3 aromatic rings. The van der Waals surface area contributed by atoms with Gasteiger partial charge in [0.1, 0.15) is 18.1 Å². The van der Waals surface area contributed by atoms with Crippen molar-refractivity contribution in [1.29, 1.82) is 0 Å². The Bertz CT molecular complexity index is 1410. The summed E-state index contributed by atoms with van der Waals surface area (Å²) in [5, 5.41) is 10.6. The van der Waals surface area contributed by atoms with Crippen LogP contribution in [0.15, 0.2) is 60.1 Å². The number of hydrogen-bond donors (Lipinski definition) is 2. The molecule has 0 aliphatic carbocycles. The third-order valence-electron chi connectivity index (χ3n) is 6.69. The molecule has 40 heavy (non-hydrogen) atoms. The van der Waals surface area contributed by atoms with Gasteiger partial charge in [0.15, 0.2) is 18.1 Å². The lowest BCUT2D eigenvalue weighted by Crippen LogP contribution is -2.43. The van der Waals surface area contributed by atoms with Gasteiger partial charge in [-0.05, 0) is 43.7 Å². The molecule has 0 radical (unpaired) electrons. The summed E-state index contributed by atoms with van der Waals surface area (Å²) in [5.41, 5.74) is 2.36. The summed E-state index contributed by atoms with van der Waals surface area (Å²) >= 11 is 0. The molecule has 210 valence electrons. The fourth-order valence-electron chi connectivity index (χ4n) is 4.75. The minimum Gasteiger partial charge on any atom is -0.493 e. The van der Waals surface area contributed by atoms with Gasteiger partial charge in [0.25, 0.3) is 11.8 Å². The van der Waals surface area contributed by atoms with E-state index in [9.17, 15) is 9.59 Å². The van der Waals surface area contributed by atoms with Gasteiger partial charge in [-0.25, -0.2) is 4.68 Å². The van der Waals surface area contributed by atoms with Crippen LogP contribution < -0.4 is 24.8 Å². The van der Waals surface area contributed by atoms with Gasteiger partial charge >= 0.3 is 0 Å². The largest absolute Gasteiger partial charge is 0.493 e. The molecule has 5 rings (SSSR count). The molecule has 1 saturated heterocycles. The van der Waals surface area contributed by atoms with Gasteiger partial charge in [-0.2, -0.15) is 10.1 Å². The number of nitrogens with zero attached hydrogens (tertiary/aromatic N) is 4. The van der Waals surface area contributed by atoms with Gasteiger partial charge in [-0.15, -0.1) is 0 Å². The Morgan fingerprint density at radius 2 is 1.90 bits per heavy atom. The van der Waals surface area contributed by atoms with E-state index in [4.69, 9.17) is 18.9 Å². The van der Waals surface area contributed by atoms with E-state index in [1.165, 1.54) is 13.4 Å². The van der Waals surface area contributed by atoms with Crippen molar-refractivity contribution in [1.82, 2.24) is 19.7 Å². The van der Waals surface area contributed by atoms with Crippen molar-refractivity contribution in [2.75, 3.05) is 57.3 Å². The zero-order chi connectivity index (χ0) is 28.1. The van der Waals surface area contributed by atoms with Crippen molar-refractivity contribution in [3.63, 3.8) is 0 Å². The summed E-state index contributed by atoms with van der Waals surface area (Å²) in [6.07, 6.45) is 1.43. The number of allylic oxidation sites excluding steroid dienone is 1. The molecule has 0 bridgehead atoms. The molecule has 2 aliphatic rings. The maximum Gasteiger partial charge on any atom is 0.260 e. The summed E-state index contributed by atoms with van der Waals surface area (Å²) in [7, 11) is 1.53.